The summed E-state index contributed by atoms with van der Waals surface area (Å²) in [5.41, 5.74) is 2.60. The highest BCUT2D eigenvalue weighted by atomic mass is 79.9. The fourth-order valence-electron chi connectivity index (χ4n) is 4.92. The molecular formula is C35H37BrClN3O5S. The van der Waals surface area contributed by atoms with E-state index in [0.717, 1.165) is 25.5 Å². The average molecular weight is 727 g/mol. The van der Waals surface area contributed by atoms with E-state index in [4.69, 9.17) is 16.3 Å². The van der Waals surface area contributed by atoms with Gasteiger partial charge in [0.15, 0.2) is 0 Å². The van der Waals surface area contributed by atoms with Gasteiger partial charge < -0.3 is 15.0 Å². The third kappa shape index (κ3) is 8.90. The minimum atomic E-state index is -4.31. The van der Waals surface area contributed by atoms with Gasteiger partial charge >= 0.3 is 0 Å². The number of methoxy groups -OCH3 is 1. The van der Waals surface area contributed by atoms with Crippen molar-refractivity contribution in [3.05, 3.63) is 123 Å². The van der Waals surface area contributed by atoms with Gasteiger partial charge in [0.1, 0.15) is 18.3 Å². The number of nitrogens with one attached hydrogen (secondary N) is 1. The molecule has 2 amide bonds. The molecule has 46 heavy (non-hydrogen) atoms. The number of aryl methyl sites for hydroxylation is 1. The molecule has 0 aliphatic rings. The summed E-state index contributed by atoms with van der Waals surface area (Å²) >= 11 is 9.81. The van der Waals surface area contributed by atoms with E-state index in [1.165, 1.54) is 30.2 Å². The van der Waals surface area contributed by atoms with E-state index in [1.807, 2.05) is 68.4 Å². The van der Waals surface area contributed by atoms with Crippen LogP contribution in [-0.4, -0.2) is 51.4 Å². The van der Waals surface area contributed by atoms with Crippen LogP contribution in [0.5, 0.6) is 5.75 Å². The maximum absolute atomic E-state index is 14.6. The number of sulfonamides is 1. The first-order chi connectivity index (χ1) is 22.0. The second-order valence-electron chi connectivity index (χ2n) is 10.8. The maximum atomic E-state index is 14.6. The summed E-state index contributed by atoms with van der Waals surface area (Å²) in [4.78, 5) is 29.8. The van der Waals surface area contributed by atoms with Gasteiger partial charge in [-0.2, -0.15) is 0 Å². The van der Waals surface area contributed by atoms with Gasteiger partial charge in [-0.05, 0) is 66.9 Å². The van der Waals surface area contributed by atoms with E-state index in [1.54, 1.807) is 24.3 Å². The zero-order valence-electron chi connectivity index (χ0n) is 26.0. The molecule has 0 aromatic heterocycles. The number of ether oxygens (including phenoxy) is 1. The van der Waals surface area contributed by atoms with Crippen molar-refractivity contribution in [3.63, 3.8) is 0 Å². The Morgan fingerprint density at radius 3 is 2.24 bits per heavy atom. The van der Waals surface area contributed by atoms with Crippen LogP contribution in [0.1, 0.15) is 30.0 Å². The lowest BCUT2D eigenvalue weighted by atomic mass is 10.0. The summed E-state index contributed by atoms with van der Waals surface area (Å²) in [5, 5.41) is 3.21. The van der Waals surface area contributed by atoms with Crippen LogP contribution in [0.4, 0.5) is 5.69 Å². The molecule has 4 rings (SSSR count). The molecule has 0 aliphatic heterocycles. The highest BCUT2D eigenvalue weighted by Gasteiger charge is 2.35. The number of hydrogen-bond donors (Lipinski definition) is 1. The summed E-state index contributed by atoms with van der Waals surface area (Å²) in [5.74, 6) is -0.688. The zero-order valence-corrected chi connectivity index (χ0v) is 29.1. The Bertz CT molecular complexity index is 1740. The number of hydrogen-bond acceptors (Lipinski definition) is 5. The van der Waals surface area contributed by atoms with Gasteiger partial charge in [-0.3, -0.25) is 13.9 Å². The molecule has 11 heteroatoms. The molecule has 1 N–H and O–H groups in total. The van der Waals surface area contributed by atoms with Crippen molar-refractivity contribution in [2.45, 2.75) is 44.2 Å². The number of amides is 2. The van der Waals surface area contributed by atoms with E-state index in [-0.39, 0.29) is 40.2 Å². The van der Waals surface area contributed by atoms with Crippen molar-refractivity contribution in [3.8, 4) is 5.75 Å². The molecule has 0 bridgehead atoms. The van der Waals surface area contributed by atoms with Gasteiger partial charge in [0.05, 0.1) is 17.7 Å². The molecule has 0 saturated carbocycles. The molecule has 8 nitrogen and oxygen atoms in total. The Kier molecular flexibility index (Phi) is 12.3. The van der Waals surface area contributed by atoms with Gasteiger partial charge in [0.25, 0.3) is 10.0 Å². The number of anilines is 1. The number of rotatable bonds is 14. The first-order valence-corrected chi connectivity index (χ1v) is 17.4. The first kappa shape index (κ1) is 35.0. The van der Waals surface area contributed by atoms with E-state index < -0.39 is 28.5 Å². The minimum absolute atomic E-state index is 0.00564. The number of benzene rings is 4. The Labute approximate surface area is 284 Å². The molecular weight excluding hydrogens is 690 g/mol. The maximum Gasteiger partial charge on any atom is 0.264 e. The quantitative estimate of drug-likeness (QED) is 0.155. The van der Waals surface area contributed by atoms with Crippen LogP contribution in [-0.2, 0) is 32.6 Å². The van der Waals surface area contributed by atoms with Crippen LogP contribution in [0.15, 0.2) is 106 Å². The number of carbonyl (C=O) groups is 2. The van der Waals surface area contributed by atoms with E-state index in [2.05, 4.69) is 21.2 Å². The van der Waals surface area contributed by atoms with Crippen molar-refractivity contribution in [2.75, 3.05) is 24.5 Å². The minimum Gasteiger partial charge on any atom is -0.495 e. The molecule has 242 valence electrons. The fraction of sp³-hybridized carbons (Fsp3) is 0.257. The van der Waals surface area contributed by atoms with Gasteiger partial charge in [-0.25, -0.2) is 8.42 Å². The van der Waals surface area contributed by atoms with Crippen LogP contribution in [0, 0.1) is 6.92 Å². The van der Waals surface area contributed by atoms with Crippen LogP contribution in [0.2, 0.25) is 5.02 Å². The molecule has 0 saturated heterocycles. The van der Waals surface area contributed by atoms with Crippen molar-refractivity contribution in [1.82, 2.24) is 10.2 Å². The van der Waals surface area contributed by atoms with Crippen molar-refractivity contribution in [1.29, 1.82) is 0 Å². The summed E-state index contributed by atoms with van der Waals surface area (Å²) in [6, 6.07) is 26.9. The standard InChI is InChI=1S/C35H37BrClN3O5S/c1-4-20-38-35(42)32(21-26-8-6-5-7-9-26)39(23-27-12-14-28(36)15-13-27)34(41)24-40(31-22-29(37)16-19-33(31)45-3)46(43,44)30-17-10-25(2)11-18-30/h5-19,22,32H,4,20-21,23-24H2,1-3H3,(H,38,42)/t32-/m0/s1. The largest absolute Gasteiger partial charge is 0.495 e. The molecule has 0 heterocycles. The van der Waals surface area contributed by atoms with Gasteiger partial charge in [0.2, 0.25) is 11.8 Å². The zero-order chi connectivity index (χ0) is 33.3. The highest BCUT2D eigenvalue weighted by molar-refractivity contribution is 9.10. The van der Waals surface area contributed by atoms with Crippen LogP contribution >= 0.6 is 27.5 Å². The Balaban J connectivity index is 1.84. The Hall–Kier alpha value is -3.86. The smallest absolute Gasteiger partial charge is 0.264 e. The van der Waals surface area contributed by atoms with Crippen LogP contribution < -0.4 is 14.4 Å². The Morgan fingerprint density at radius 1 is 0.935 bits per heavy atom. The van der Waals surface area contributed by atoms with E-state index in [0.29, 0.717) is 13.0 Å². The number of halogens is 2. The van der Waals surface area contributed by atoms with Crippen molar-refractivity contribution < 1.29 is 22.7 Å². The number of nitrogens with zero attached hydrogens (tertiary/aromatic N) is 2. The monoisotopic (exact) mass is 725 g/mol. The SMILES string of the molecule is CCCNC(=O)[C@H](Cc1ccccc1)N(Cc1ccc(Br)cc1)C(=O)CN(c1cc(Cl)ccc1OC)S(=O)(=O)c1ccc(C)cc1. The molecule has 1 atom stereocenters. The second-order valence-corrected chi connectivity index (χ2v) is 14.0. The summed E-state index contributed by atoms with van der Waals surface area (Å²) in [7, 11) is -2.89. The lowest BCUT2D eigenvalue weighted by Gasteiger charge is -2.34. The van der Waals surface area contributed by atoms with Crippen molar-refractivity contribution >= 4 is 55.1 Å². The molecule has 4 aromatic carbocycles. The highest BCUT2D eigenvalue weighted by Crippen LogP contribution is 2.35. The van der Waals surface area contributed by atoms with E-state index >= 15 is 0 Å². The molecule has 0 aliphatic carbocycles. The summed E-state index contributed by atoms with van der Waals surface area (Å²) in [6.07, 6.45) is 0.936. The first-order valence-electron chi connectivity index (χ1n) is 14.8. The normalized spacial score (nSPS) is 11.8. The third-order valence-electron chi connectivity index (χ3n) is 7.38. The average Bonchev–Trinajstić information content (AvgIpc) is 3.05. The third-order valence-corrected chi connectivity index (χ3v) is 9.92. The Morgan fingerprint density at radius 2 is 1.61 bits per heavy atom. The predicted molar refractivity (Wildman–Crippen MR) is 186 cm³/mol. The molecule has 4 aromatic rings. The molecule has 0 spiro atoms. The fourth-order valence-corrected chi connectivity index (χ4v) is 6.76. The van der Waals surface area contributed by atoms with Gasteiger partial charge in [-0.15, -0.1) is 0 Å². The lowest BCUT2D eigenvalue weighted by Crippen LogP contribution is -2.53. The topological polar surface area (TPSA) is 96.0 Å². The van der Waals surface area contributed by atoms with Crippen LogP contribution in [0.25, 0.3) is 0 Å². The van der Waals surface area contributed by atoms with Crippen LogP contribution in [0.3, 0.4) is 0 Å². The van der Waals surface area contributed by atoms with Crippen molar-refractivity contribution in [2.24, 2.45) is 0 Å². The molecule has 0 radical (unpaired) electrons. The summed E-state index contributed by atoms with van der Waals surface area (Å²) < 4.78 is 36.0. The summed E-state index contributed by atoms with van der Waals surface area (Å²) in [6.45, 7) is 3.68. The molecule has 0 unspecified atom stereocenters. The molecule has 0 fully saturated rings. The van der Waals surface area contributed by atoms with Gasteiger partial charge in [-0.1, -0.05) is 94.6 Å². The lowest BCUT2D eigenvalue weighted by molar-refractivity contribution is -0.140. The van der Waals surface area contributed by atoms with Gasteiger partial charge in [0, 0.05) is 29.0 Å². The number of carbonyl (C=O) groups excluding carboxylic acids is 2. The second kappa shape index (κ2) is 16.1. The van der Waals surface area contributed by atoms with E-state index in [9.17, 15) is 18.0 Å². The predicted octanol–water partition coefficient (Wildman–Crippen LogP) is 6.78.